The Labute approximate surface area is 142 Å². The van der Waals surface area contributed by atoms with Gasteiger partial charge in [0, 0.05) is 17.9 Å². The van der Waals surface area contributed by atoms with Crippen LogP contribution in [0.2, 0.25) is 0 Å². The molecule has 0 aromatic carbocycles. The second-order valence-corrected chi connectivity index (χ2v) is 6.82. The fourth-order valence-corrected chi connectivity index (χ4v) is 2.74. The first-order valence-electron chi connectivity index (χ1n) is 8.27. The van der Waals surface area contributed by atoms with Crippen LogP contribution in [0, 0.1) is 0 Å². The first kappa shape index (κ1) is 21.6. The van der Waals surface area contributed by atoms with Crippen LogP contribution < -0.4 is 0 Å². The number of hydrogen-bond donors (Lipinski definition) is 0. The van der Waals surface area contributed by atoms with E-state index in [1.165, 1.54) is 11.3 Å². The van der Waals surface area contributed by atoms with Gasteiger partial charge in [-0.25, -0.2) is 4.90 Å². The molecule has 3 atom stereocenters. The van der Waals surface area contributed by atoms with Gasteiger partial charge in [0.2, 0.25) is 0 Å². The summed E-state index contributed by atoms with van der Waals surface area (Å²) in [6, 6.07) is 0.470. The molecular formula is C17H36N3OS+. The van der Waals surface area contributed by atoms with Crippen molar-refractivity contribution in [3.05, 3.63) is 11.0 Å². The Kier molecular flexibility index (Phi) is 11.0. The van der Waals surface area contributed by atoms with Crippen molar-refractivity contribution in [1.82, 2.24) is 4.90 Å². The molecule has 130 valence electrons. The van der Waals surface area contributed by atoms with Crippen molar-refractivity contribution in [2.24, 2.45) is 5.10 Å². The van der Waals surface area contributed by atoms with Gasteiger partial charge in [0.15, 0.2) is 6.67 Å². The fourth-order valence-electron chi connectivity index (χ4n) is 2.35. The van der Waals surface area contributed by atoms with Gasteiger partial charge in [-0.15, -0.1) is 11.8 Å². The summed E-state index contributed by atoms with van der Waals surface area (Å²) in [6.45, 7) is 12.3. The molecule has 0 heterocycles. The Hall–Kier alpha value is -0.360. The highest BCUT2D eigenvalue weighted by Gasteiger charge is 2.31. The van der Waals surface area contributed by atoms with E-state index in [2.05, 4.69) is 59.0 Å². The summed E-state index contributed by atoms with van der Waals surface area (Å²) in [7, 11) is 4.32. The lowest BCUT2D eigenvalue weighted by atomic mass is 10.1. The van der Waals surface area contributed by atoms with Crippen molar-refractivity contribution in [3.8, 4) is 0 Å². The third kappa shape index (κ3) is 7.27. The Bertz CT molecular complexity index is 360. The van der Waals surface area contributed by atoms with E-state index in [1.54, 1.807) is 11.8 Å². The normalized spacial score (nSPS) is 18.7. The van der Waals surface area contributed by atoms with Gasteiger partial charge in [0.25, 0.3) is 0 Å². The van der Waals surface area contributed by atoms with E-state index in [0.29, 0.717) is 10.6 Å². The van der Waals surface area contributed by atoms with Crippen LogP contribution in [-0.4, -0.2) is 61.6 Å². The second-order valence-electron chi connectivity index (χ2n) is 5.94. The minimum Gasteiger partial charge on any atom is -0.364 e. The van der Waals surface area contributed by atoms with E-state index in [9.17, 15) is 0 Å². The van der Waals surface area contributed by atoms with Crippen molar-refractivity contribution in [3.63, 3.8) is 0 Å². The van der Waals surface area contributed by atoms with Gasteiger partial charge in [-0.1, -0.05) is 24.5 Å². The number of thioether (sulfide) groups is 1. The second kappa shape index (κ2) is 11.2. The summed E-state index contributed by atoms with van der Waals surface area (Å²) in [5, 5.41) is 4.92. The predicted molar refractivity (Wildman–Crippen MR) is 100 cm³/mol. The molecule has 0 amide bonds. The number of allylic oxidation sites excluding steroid dienone is 2. The monoisotopic (exact) mass is 330 g/mol. The van der Waals surface area contributed by atoms with Crippen molar-refractivity contribution >= 4 is 18.0 Å². The van der Waals surface area contributed by atoms with E-state index in [0.717, 1.165) is 19.7 Å². The highest BCUT2D eigenvalue weighted by molar-refractivity contribution is 8.03. The van der Waals surface area contributed by atoms with Crippen molar-refractivity contribution in [2.75, 3.05) is 33.6 Å². The molecule has 0 fully saturated rings. The Morgan fingerprint density at radius 3 is 2.45 bits per heavy atom. The lowest BCUT2D eigenvalue weighted by Gasteiger charge is -2.38. The quantitative estimate of drug-likeness (QED) is 0.246. The highest BCUT2D eigenvalue weighted by atomic mass is 32.2. The summed E-state index contributed by atoms with van der Waals surface area (Å²) in [5.74, 6) is 0. The maximum atomic E-state index is 5.71. The molecule has 0 aliphatic carbocycles. The molecule has 0 spiro atoms. The van der Waals surface area contributed by atoms with E-state index in [1.807, 2.05) is 13.1 Å². The zero-order chi connectivity index (χ0) is 17.2. The maximum absolute atomic E-state index is 5.71. The van der Waals surface area contributed by atoms with E-state index in [-0.39, 0.29) is 6.23 Å². The third-order valence-corrected chi connectivity index (χ3v) is 4.98. The molecule has 5 heteroatoms. The summed E-state index contributed by atoms with van der Waals surface area (Å²) in [4.78, 5) is 3.44. The van der Waals surface area contributed by atoms with Crippen LogP contribution >= 0.6 is 11.8 Å². The van der Waals surface area contributed by atoms with Crippen LogP contribution in [-0.2, 0) is 4.74 Å². The minimum absolute atomic E-state index is 0.105. The third-order valence-electron chi connectivity index (χ3n) is 4.16. The molecule has 0 aromatic rings. The molecule has 0 rings (SSSR count). The first-order valence-corrected chi connectivity index (χ1v) is 9.49. The number of hydrogen-bond acceptors (Lipinski definition) is 4. The molecule has 22 heavy (non-hydrogen) atoms. The lowest BCUT2D eigenvalue weighted by Crippen LogP contribution is -2.54. The maximum Gasteiger partial charge on any atom is 0.161 e. The number of quaternary nitrogens is 1. The molecule has 4 nitrogen and oxygen atoms in total. The Morgan fingerprint density at radius 2 is 2.00 bits per heavy atom. The number of nitrogens with zero attached hydrogens (tertiary/aromatic N) is 3. The molecular weight excluding hydrogens is 294 g/mol. The van der Waals surface area contributed by atoms with Crippen molar-refractivity contribution in [1.29, 1.82) is 0 Å². The van der Waals surface area contributed by atoms with Gasteiger partial charge in [0.1, 0.15) is 12.3 Å². The largest absolute Gasteiger partial charge is 0.364 e. The van der Waals surface area contributed by atoms with Crippen LogP contribution in [0.3, 0.4) is 0 Å². The standard InChI is InChI=1S/C17H36N3OS/c1-9-12-15(4)20(7,18-13-17(10-2)22-8)14-19(6)16(5)21-11-3/h10,13,15-16H,9,11-12,14H2,1-8H3/q+1/b17-10-,18-13+/t15-,16+,20+/m1/s1. The molecule has 0 N–H and O–H groups in total. The average molecular weight is 331 g/mol. The summed E-state index contributed by atoms with van der Waals surface area (Å²) < 4.78 is 6.36. The first-order chi connectivity index (χ1) is 10.3. The molecule has 0 bridgehead atoms. The number of rotatable bonds is 11. The summed E-state index contributed by atoms with van der Waals surface area (Å²) in [6.07, 6.45) is 8.65. The molecule has 0 saturated carbocycles. The zero-order valence-corrected chi connectivity index (χ0v) is 16.6. The van der Waals surface area contributed by atoms with E-state index >= 15 is 0 Å². The van der Waals surface area contributed by atoms with Gasteiger partial charge < -0.3 is 4.74 Å². The zero-order valence-electron chi connectivity index (χ0n) is 15.8. The molecule has 0 aromatic heterocycles. The van der Waals surface area contributed by atoms with E-state index in [4.69, 9.17) is 9.84 Å². The molecule has 0 radical (unpaired) electrons. The Balaban J connectivity index is 5.17. The predicted octanol–water partition coefficient (Wildman–Crippen LogP) is 4.15. The molecule has 0 aliphatic rings. The van der Waals surface area contributed by atoms with Gasteiger partial charge in [-0.3, -0.25) is 0 Å². The highest BCUT2D eigenvalue weighted by Crippen LogP contribution is 2.19. The minimum atomic E-state index is 0.105. The van der Waals surface area contributed by atoms with Gasteiger partial charge in [-0.2, -0.15) is 4.59 Å². The average Bonchev–Trinajstić information content (AvgIpc) is 2.48. The molecule has 0 aliphatic heterocycles. The topological polar surface area (TPSA) is 24.8 Å². The molecule has 0 saturated heterocycles. The van der Waals surface area contributed by atoms with Gasteiger partial charge in [0.05, 0.1) is 13.3 Å². The van der Waals surface area contributed by atoms with Crippen LogP contribution in [0.1, 0.15) is 47.5 Å². The fraction of sp³-hybridized carbons (Fsp3) is 0.824. The Morgan fingerprint density at radius 1 is 1.36 bits per heavy atom. The van der Waals surface area contributed by atoms with Crippen LogP contribution in [0.15, 0.2) is 16.1 Å². The van der Waals surface area contributed by atoms with Crippen LogP contribution in [0.5, 0.6) is 0 Å². The summed E-state index contributed by atoms with van der Waals surface area (Å²) in [5.41, 5.74) is 0. The van der Waals surface area contributed by atoms with Crippen molar-refractivity contribution in [2.45, 2.75) is 59.7 Å². The van der Waals surface area contributed by atoms with Crippen LogP contribution in [0.4, 0.5) is 0 Å². The smallest absolute Gasteiger partial charge is 0.161 e. The van der Waals surface area contributed by atoms with E-state index < -0.39 is 0 Å². The molecule has 0 unspecified atom stereocenters. The van der Waals surface area contributed by atoms with Gasteiger partial charge >= 0.3 is 0 Å². The van der Waals surface area contributed by atoms with Crippen molar-refractivity contribution < 1.29 is 9.33 Å². The van der Waals surface area contributed by atoms with Crippen LogP contribution in [0.25, 0.3) is 0 Å². The summed E-state index contributed by atoms with van der Waals surface area (Å²) >= 11 is 1.73. The SMILES string of the molecule is C/C=C(/C=N/[N@@+](C)(CN(C)[C@H](C)OCC)[C@H](C)CCC)SC. The van der Waals surface area contributed by atoms with Gasteiger partial charge in [-0.05, 0) is 41.0 Å². The lowest BCUT2D eigenvalue weighted by molar-refractivity contribution is -0.947. The number of ether oxygens (including phenoxy) is 1.